The van der Waals surface area contributed by atoms with Crippen LogP contribution in [0.4, 0.5) is 5.69 Å². The molecule has 0 aliphatic carbocycles. The second kappa shape index (κ2) is 8.32. The maximum Gasteiger partial charge on any atom is 0.290 e. The molecule has 0 radical (unpaired) electrons. The summed E-state index contributed by atoms with van der Waals surface area (Å²) in [7, 11) is 0. The van der Waals surface area contributed by atoms with Crippen LogP contribution in [-0.2, 0) is 4.74 Å². The number of hydrogen-bond acceptors (Lipinski definition) is 6. The first kappa shape index (κ1) is 20.0. The van der Waals surface area contributed by atoms with E-state index in [1.54, 1.807) is 0 Å². The quantitative estimate of drug-likeness (QED) is 0.744. The van der Waals surface area contributed by atoms with Crippen LogP contribution in [0.1, 0.15) is 48.9 Å². The van der Waals surface area contributed by atoms with Gasteiger partial charge < -0.3 is 24.7 Å². The zero-order valence-corrected chi connectivity index (χ0v) is 17.8. The molecule has 162 valence electrons. The van der Waals surface area contributed by atoms with E-state index >= 15 is 0 Å². The molecule has 2 aromatic rings. The van der Waals surface area contributed by atoms with Crippen LogP contribution in [-0.4, -0.2) is 35.7 Å². The molecule has 4 heterocycles. The molecule has 2 N–H and O–H groups in total. The number of oxazole rings is 1. The lowest BCUT2D eigenvalue weighted by Gasteiger charge is -2.36. The molecule has 5 rings (SSSR count). The Labute approximate surface area is 182 Å². The summed E-state index contributed by atoms with van der Waals surface area (Å²) in [5.74, 6) is 0.388. The highest BCUT2D eigenvalue weighted by Gasteiger charge is 2.41. The maximum absolute atomic E-state index is 12.7. The predicted octanol–water partition coefficient (Wildman–Crippen LogP) is 3.54. The number of carbonyl (C=O) groups excluding carboxylic acids is 1. The van der Waals surface area contributed by atoms with E-state index < -0.39 is 0 Å². The number of carbonyl (C=O) groups is 1. The largest absolute Gasteiger partial charge is 0.438 e. The van der Waals surface area contributed by atoms with Crippen LogP contribution in [0.15, 0.2) is 65.2 Å². The molecular formula is C24H28N4O3. The fraction of sp³-hybridized carbons (Fsp3) is 0.417. The van der Waals surface area contributed by atoms with Crippen LogP contribution in [0.5, 0.6) is 0 Å². The third kappa shape index (κ3) is 4.03. The van der Waals surface area contributed by atoms with Gasteiger partial charge in [-0.2, -0.15) is 0 Å². The van der Waals surface area contributed by atoms with Crippen molar-refractivity contribution in [2.75, 3.05) is 11.4 Å². The summed E-state index contributed by atoms with van der Waals surface area (Å²) in [5.41, 5.74) is 3.34. The monoisotopic (exact) mass is 420 g/mol. The van der Waals surface area contributed by atoms with E-state index in [4.69, 9.17) is 9.15 Å². The number of allylic oxidation sites excluding steroid dienone is 2. The van der Waals surface area contributed by atoms with Gasteiger partial charge in [-0.15, -0.1) is 0 Å². The highest BCUT2D eigenvalue weighted by atomic mass is 16.5. The molecule has 1 aromatic carbocycles. The number of anilines is 1. The second-order valence-electron chi connectivity index (χ2n) is 8.85. The van der Waals surface area contributed by atoms with E-state index in [9.17, 15) is 4.79 Å². The van der Waals surface area contributed by atoms with Crippen molar-refractivity contribution in [2.24, 2.45) is 5.92 Å². The van der Waals surface area contributed by atoms with Gasteiger partial charge in [0.05, 0.1) is 18.4 Å². The average Bonchev–Trinajstić information content (AvgIpc) is 3.53. The van der Waals surface area contributed by atoms with Gasteiger partial charge in [-0.05, 0) is 48.1 Å². The fourth-order valence-corrected chi connectivity index (χ4v) is 4.70. The molecular weight excluding hydrogens is 392 g/mol. The van der Waals surface area contributed by atoms with Gasteiger partial charge in [0.1, 0.15) is 6.17 Å². The van der Waals surface area contributed by atoms with Gasteiger partial charge in [0, 0.05) is 24.5 Å². The summed E-state index contributed by atoms with van der Waals surface area (Å²) in [6.07, 6.45) is 10.9. The lowest BCUT2D eigenvalue weighted by molar-refractivity contribution is 0.0160. The Morgan fingerprint density at radius 3 is 2.81 bits per heavy atom. The third-order valence-corrected chi connectivity index (χ3v) is 6.10. The Bertz CT molecular complexity index is 981. The molecule has 31 heavy (non-hydrogen) atoms. The summed E-state index contributed by atoms with van der Waals surface area (Å²) in [6.45, 7) is 5.31. The van der Waals surface area contributed by atoms with Crippen molar-refractivity contribution in [1.82, 2.24) is 15.6 Å². The molecule has 0 saturated carbocycles. The van der Waals surface area contributed by atoms with E-state index in [1.807, 2.05) is 12.3 Å². The Balaban J connectivity index is 1.38. The summed E-state index contributed by atoms with van der Waals surface area (Å²) in [6, 6.07) is 8.86. The highest BCUT2D eigenvalue weighted by molar-refractivity contribution is 5.91. The Hall–Kier alpha value is -2.90. The summed E-state index contributed by atoms with van der Waals surface area (Å²) < 4.78 is 11.3. The first-order chi connectivity index (χ1) is 15.1. The number of hydrogen-bond donors (Lipinski definition) is 2. The van der Waals surface area contributed by atoms with Crippen molar-refractivity contribution in [2.45, 2.75) is 51.1 Å². The van der Waals surface area contributed by atoms with E-state index in [0.29, 0.717) is 18.1 Å². The van der Waals surface area contributed by atoms with E-state index in [0.717, 1.165) is 30.6 Å². The number of benzene rings is 1. The van der Waals surface area contributed by atoms with Crippen LogP contribution in [0.3, 0.4) is 0 Å². The van der Waals surface area contributed by atoms with Crippen molar-refractivity contribution in [1.29, 1.82) is 0 Å². The molecule has 2 bridgehead atoms. The zero-order chi connectivity index (χ0) is 21.4. The van der Waals surface area contributed by atoms with Crippen LogP contribution in [0, 0.1) is 5.92 Å². The molecule has 2 fully saturated rings. The van der Waals surface area contributed by atoms with E-state index in [2.05, 4.69) is 64.7 Å². The van der Waals surface area contributed by atoms with Gasteiger partial charge in [-0.25, -0.2) is 4.98 Å². The SMILES string of the molecule is CC(C)CC1=CC=CN(c2ccc([C@@H]3O[C@H]4CN[C@@H]3C4)cc2)C1NC(=O)c1cnco1. The van der Waals surface area contributed by atoms with Gasteiger partial charge in [0.25, 0.3) is 5.91 Å². The van der Waals surface area contributed by atoms with Crippen molar-refractivity contribution in [3.63, 3.8) is 0 Å². The number of nitrogens with zero attached hydrogens (tertiary/aromatic N) is 2. The lowest BCUT2D eigenvalue weighted by Crippen LogP contribution is -2.48. The van der Waals surface area contributed by atoms with Gasteiger partial charge in [0.15, 0.2) is 6.39 Å². The molecule has 3 aliphatic rings. The van der Waals surface area contributed by atoms with Crippen LogP contribution in [0.25, 0.3) is 0 Å². The fourth-order valence-electron chi connectivity index (χ4n) is 4.70. The molecule has 7 nitrogen and oxygen atoms in total. The number of aromatic nitrogens is 1. The van der Waals surface area contributed by atoms with Gasteiger partial charge in [0.2, 0.25) is 5.76 Å². The van der Waals surface area contributed by atoms with Crippen molar-refractivity contribution >= 4 is 11.6 Å². The molecule has 3 aliphatic heterocycles. The Morgan fingerprint density at radius 1 is 1.32 bits per heavy atom. The molecule has 0 spiro atoms. The number of morpholine rings is 1. The molecule has 1 unspecified atom stereocenters. The molecule has 1 amide bonds. The minimum Gasteiger partial charge on any atom is -0.438 e. The molecule has 1 aromatic heterocycles. The summed E-state index contributed by atoms with van der Waals surface area (Å²) >= 11 is 0. The Morgan fingerprint density at radius 2 is 2.16 bits per heavy atom. The average molecular weight is 421 g/mol. The van der Waals surface area contributed by atoms with E-state index in [1.165, 1.54) is 18.2 Å². The highest BCUT2D eigenvalue weighted by Crippen LogP contribution is 2.37. The second-order valence-corrected chi connectivity index (χ2v) is 8.85. The van der Waals surface area contributed by atoms with Gasteiger partial charge in [-0.1, -0.05) is 32.1 Å². The van der Waals surface area contributed by atoms with Crippen LogP contribution >= 0.6 is 0 Å². The number of rotatable bonds is 6. The summed E-state index contributed by atoms with van der Waals surface area (Å²) in [5, 5.41) is 6.65. The standard InChI is InChI=1S/C24H28N4O3/c1-15(2)10-17-4-3-9-28(23(17)27-24(29)21-13-25-14-30-21)18-7-5-16(6-8-18)22-20-11-19(31-22)12-26-20/h3-9,13-15,19-20,22-23,26H,10-12H2,1-2H3,(H,27,29)/t19-,20-,22+,23?/m1/s1. The number of ether oxygens (including phenoxy) is 1. The molecule has 2 saturated heterocycles. The maximum atomic E-state index is 12.7. The topological polar surface area (TPSA) is 79.6 Å². The van der Waals surface area contributed by atoms with Gasteiger partial charge >= 0.3 is 0 Å². The third-order valence-electron chi connectivity index (χ3n) is 6.10. The number of amides is 1. The van der Waals surface area contributed by atoms with E-state index in [-0.39, 0.29) is 23.9 Å². The van der Waals surface area contributed by atoms with Crippen LogP contribution < -0.4 is 15.5 Å². The number of fused-ring (bicyclic) bond motifs is 2. The van der Waals surface area contributed by atoms with Crippen molar-refractivity contribution < 1.29 is 13.9 Å². The summed E-state index contributed by atoms with van der Waals surface area (Å²) in [4.78, 5) is 18.7. The van der Waals surface area contributed by atoms with Gasteiger partial charge in [-0.3, -0.25) is 4.79 Å². The smallest absolute Gasteiger partial charge is 0.290 e. The first-order valence-corrected chi connectivity index (χ1v) is 10.9. The lowest BCUT2D eigenvalue weighted by atomic mass is 9.97. The Kier molecular flexibility index (Phi) is 5.38. The van der Waals surface area contributed by atoms with Crippen molar-refractivity contribution in [3.05, 3.63) is 72.1 Å². The minimum atomic E-state index is -0.295. The molecule has 4 atom stereocenters. The molecule has 7 heteroatoms. The van der Waals surface area contributed by atoms with Crippen LogP contribution in [0.2, 0.25) is 0 Å². The normalized spacial score (nSPS) is 27.1. The number of nitrogens with one attached hydrogen (secondary N) is 2. The van der Waals surface area contributed by atoms with Crippen molar-refractivity contribution in [3.8, 4) is 0 Å². The minimum absolute atomic E-state index is 0.114. The zero-order valence-electron chi connectivity index (χ0n) is 17.8. The predicted molar refractivity (Wildman–Crippen MR) is 117 cm³/mol. The first-order valence-electron chi connectivity index (χ1n) is 10.9.